The van der Waals surface area contributed by atoms with Crippen LogP contribution in [-0.4, -0.2) is 22.6 Å². The lowest BCUT2D eigenvalue weighted by molar-refractivity contribution is 0.414. The predicted octanol–water partition coefficient (Wildman–Crippen LogP) is 3.16. The Balaban J connectivity index is 2.33. The standard InChI is InChI=1S/C14H14ClNO4S/c1-19-11-5-3-4-10(8-11)16-21(17,18)14-7-6-12(20-2)9-13(14)15/h3-9,16H,1-2H3. The largest absolute Gasteiger partial charge is 0.497 e. The van der Waals surface area contributed by atoms with Gasteiger partial charge in [0, 0.05) is 12.1 Å². The Morgan fingerprint density at radius 3 is 2.29 bits per heavy atom. The van der Waals surface area contributed by atoms with Crippen LogP contribution in [0.1, 0.15) is 0 Å². The summed E-state index contributed by atoms with van der Waals surface area (Å²) in [6, 6.07) is 11.0. The zero-order chi connectivity index (χ0) is 15.5. The summed E-state index contributed by atoms with van der Waals surface area (Å²) in [7, 11) is -0.799. The Kier molecular flexibility index (Phi) is 4.59. The SMILES string of the molecule is COc1cccc(NS(=O)(=O)c2ccc(OC)cc2Cl)c1. The molecule has 112 valence electrons. The molecule has 0 unspecified atom stereocenters. The number of anilines is 1. The summed E-state index contributed by atoms with van der Waals surface area (Å²) in [6.45, 7) is 0. The molecule has 0 amide bonds. The van der Waals surface area contributed by atoms with Crippen molar-refractivity contribution in [3.8, 4) is 11.5 Å². The minimum Gasteiger partial charge on any atom is -0.497 e. The number of hydrogen-bond acceptors (Lipinski definition) is 4. The summed E-state index contributed by atoms with van der Waals surface area (Å²) >= 11 is 5.99. The highest BCUT2D eigenvalue weighted by Crippen LogP contribution is 2.28. The minimum absolute atomic E-state index is 0.0206. The summed E-state index contributed by atoms with van der Waals surface area (Å²) in [6.07, 6.45) is 0. The maximum Gasteiger partial charge on any atom is 0.263 e. The lowest BCUT2D eigenvalue weighted by Crippen LogP contribution is -2.13. The number of rotatable bonds is 5. The van der Waals surface area contributed by atoms with Gasteiger partial charge < -0.3 is 9.47 Å². The van der Waals surface area contributed by atoms with Crippen molar-refractivity contribution >= 4 is 27.3 Å². The predicted molar refractivity (Wildman–Crippen MR) is 81.8 cm³/mol. The van der Waals surface area contributed by atoms with Gasteiger partial charge >= 0.3 is 0 Å². The summed E-state index contributed by atoms with van der Waals surface area (Å²) in [5.41, 5.74) is 0.390. The highest BCUT2D eigenvalue weighted by molar-refractivity contribution is 7.92. The maximum atomic E-state index is 12.3. The van der Waals surface area contributed by atoms with Crippen LogP contribution < -0.4 is 14.2 Å². The zero-order valence-electron chi connectivity index (χ0n) is 11.5. The smallest absolute Gasteiger partial charge is 0.263 e. The molecule has 0 saturated heterocycles. The molecule has 0 atom stereocenters. The third-order valence-corrected chi connectivity index (χ3v) is 4.61. The molecule has 0 bridgehead atoms. The van der Waals surface area contributed by atoms with Gasteiger partial charge in [-0.3, -0.25) is 4.72 Å². The molecule has 0 fully saturated rings. The van der Waals surface area contributed by atoms with Crippen molar-refractivity contribution in [2.45, 2.75) is 4.90 Å². The van der Waals surface area contributed by atoms with E-state index in [-0.39, 0.29) is 9.92 Å². The van der Waals surface area contributed by atoms with Gasteiger partial charge in [0.25, 0.3) is 10.0 Å². The number of sulfonamides is 1. The average molecular weight is 328 g/mol. The van der Waals surface area contributed by atoms with Crippen LogP contribution in [0.4, 0.5) is 5.69 Å². The van der Waals surface area contributed by atoms with E-state index in [4.69, 9.17) is 21.1 Å². The molecule has 0 heterocycles. The molecule has 7 heteroatoms. The summed E-state index contributed by atoms with van der Waals surface area (Å²) in [5.74, 6) is 1.04. The van der Waals surface area contributed by atoms with Gasteiger partial charge in [0.15, 0.2) is 0 Å². The van der Waals surface area contributed by atoms with E-state index in [0.717, 1.165) is 0 Å². The van der Waals surface area contributed by atoms with E-state index in [2.05, 4.69) is 4.72 Å². The van der Waals surface area contributed by atoms with Crippen LogP contribution in [0.3, 0.4) is 0 Å². The molecule has 2 aromatic carbocycles. The van der Waals surface area contributed by atoms with E-state index in [1.165, 1.54) is 32.4 Å². The molecule has 0 spiro atoms. The average Bonchev–Trinajstić information content (AvgIpc) is 2.46. The van der Waals surface area contributed by atoms with Crippen molar-refractivity contribution in [1.29, 1.82) is 0 Å². The van der Waals surface area contributed by atoms with Crippen LogP contribution in [0.5, 0.6) is 11.5 Å². The minimum atomic E-state index is -3.79. The maximum absolute atomic E-state index is 12.3. The van der Waals surface area contributed by atoms with Crippen molar-refractivity contribution < 1.29 is 17.9 Å². The second-order valence-corrected chi connectivity index (χ2v) is 6.19. The number of ether oxygens (including phenoxy) is 2. The van der Waals surface area contributed by atoms with Gasteiger partial charge in [0.2, 0.25) is 0 Å². The lowest BCUT2D eigenvalue weighted by atomic mass is 10.3. The van der Waals surface area contributed by atoms with Crippen LogP contribution in [0.25, 0.3) is 0 Å². The van der Waals surface area contributed by atoms with Crippen LogP contribution in [-0.2, 0) is 10.0 Å². The van der Waals surface area contributed by atoms with E-state index >= 15 is 0 Å². The van der Waals surface area contributed by atoms with Gasteiger partial charge in [-0.05, 0) is 24.3 Å². The molecule has 0 saturated carbocycles. The van der Waals surface area contributed by atoms with Crippen molar-refractivity contribution in [2.24, 2.45) is 0 Å². The molecule has 5 nitrogen and oxygen atoms in total. The Labute approximate surface area is 128 Å². The highest BCUT2D eigenvalue weighted by Gasteiger charge is 2.18. The molecule has 1 N–H and O–H groups in total. The van der Waals surface area contributed by atoms with Crippen molar-refractivity contribution in [2.75, 3.05) is 18.9 Å². The molecular formula is C14H14ClNO4S. The molecule has 0 aliphatic rings. The fourth-order valence-electron chi connectivity index (χ4n) is 1.72. The summed E-state index contributed by atoms with van der Waals surface area (Å²) in [5, 5.41) is 0.0877. The van der Waals surface area contributed by atoms with Crippen LogP contribution in [0, 0.1) is 0 Å². The lowest BCUT2D eigenvalue weighted by Gasteiger charge is -2.11. The number of methoxy groups -OCH3 is 2. The molecule has 21 heavy (non-hydrogen) atoms. The van der Waals surface area contributed by atoms with Gasteiger partial charge in [0.05, 0.1) is 24.9 Å². The van der Waals surface area contributed by atoms with Gasteiger partial charge in [-0.2, -0.15) is 0 Å². The van der Waals surface area contributed by atoms with Gasteiger partial charge in [-0.25, -0.2) is 8.42 Å². The zero-order valence-corrected chi connectivity index (χ0v) is 13.0. The molecular weight excluding hydrogens is 314 g/mol. The number of hydrogen-bond donors (Lipinski definition) is 1. The number of benzene rings is 2. The van der Waals surface area contributed by atoms with Gasteiger partial charge in [-0.1, -0.05) is 17.7 Å². The first kappa shape index (κ1) is 15.5. The molecule has 0 aliphatic heterocycles. The normalized spacial score (nSPS) is 11.0. The first-order valence-corrected chi connectivity index (χ1v) is 7.83. The third kappa shape index (κ3) is 3.59. The van der Waals surface area contributed by atoms with E-state index in [1.54, 1.807) is 24.3 Å². The Morgan fingerprint density at radius 2 is 1.67 bits per heavy atom. The number of halogens is 1. The van der Waals surface area contributed by atoms with E-state index in [1.807, 2.05) is 0 Å². The molecule has 0 aliphatic carbocycles. The van der Waals surface area contributed by atoms with Crippen LogP contribution in [0.15, 0.2) is 47.4 Å². The molecule has 0 radical (unpaired) electrons. The second kappa shape index (κ2) is 6.24. The Hall–Kier alpha value is -1.92. The monoisotopic (exact) mass is 327 g/mol. The summed E-state index contributed by atoms with van der Waals surface area (Å²) < 4.78 is 37.2. The van der Waals surface area contributed by atoms with Crippen molar-refractivity contribution in [3.05, 3.63) is 47.5 Å². The van der Waals surface area contributed by atoms with Crippen LogP contribution in [0.2, 0.25) is 5.02 Å². The fourth-order valence-corrected chi connectivity index (χ4v) is 3.31. The first-order valence-electron chi connectivity index (χ1n) is 5.96. The second-order valence-electron chi connectivity index (χ2n) is 4.13. The van der Waals surface area contributed by atoms with Crippen molar-refractivity contribution in [3.63, 3.8) is 0 Å². The van der Waals surface area contributed by atoms with Crippen LogP contribution >= 0.6 is 11.6 Å². The first-order chi connectivity index (χ1) is 9.96. The topological polar surface area (TPSA) is 64.6 Å². The Morgan fingerprint density at radius 1 is 1.00 bits per heavy atom. The highest BCUT2D eigenvalue weighted by atomic mass is 35.5. The third-order valence-electron chi connectivity index (χ3n) is 2.75. The molecule has 2 aromatic rings. The molecule has 2 rings (SSSR count). The van der Waals surface area contributed by atoms with E-state index in [0.29, 0.717) is 17.2 Å². The number of nitrogens with one attached hydrogen (secondary N) is 1. The van der Waals surface area contributed by atoms with E-state index < -0.39 is 10.0 Å². The van der Waals surface area contributed by atoms with E-state index in [9.17, 15) is 8.42 Å². The summed E-state index contributed by atoms with van der Waals surface area (Å²) in [4.78, 5) is -0.0206. The van der Waals surface area contributed by atoms with Gasteiger partial charge in [0.1, 0.15) is 16.4 Å². The van der Waals surface area contributed by atoms with Crippen molar-refractivity contribution in [1.82, 2.24) is 0 Å². The molecule has 0 aromatic heterocycles. The fraction of sp³-hybridized carbons (Fsp3) is 0.143. The van der Waals surface area contributed by atoms with Gasteiger partial charge in [-0.15, -0.1) is 0 Å². The quantitative estimate of drug-likeness (QED) is 0.916. The Bertz CT molecular complexity index is 746.